The van der Waals surface area contributed by atoms with Gasteiger partial charge < -0.3 is 16.4 Å². The summed E-state index contributed by atoms with van der Waals surface area (Å²) in [7, 11) is 0. The monoisotopic (exact) mass is 234 g/mol. The summed E-state index contributed by atoms with van der Waals surface area (Å²) in [5.41, 5.74) is 7.10. The number of amides is 1. The number of carbonyl (C=O) groups excluding carboxylic acids is 1. The molecule has 1 aliphatic carbocycles. The van der Waals surface area contributed by atoms with E-state index in [2.05, 4.69) is 15.6 Å². The summed E-state index contributed by atoms with van der Waals surface area (Å²) >= 11 is 0. The van der Waals surface area contributed by atoms with Gasteiger partial charge in [-0.3, -0.25) is 9.78 Å². The highest BCUT2D eigenvalue weighted by Crippen LogP contribution is 2.22. The summed E-state index contributed by atoms with van der Waals surface area (Å²) in [5, 5.41) is 6.07. The number of nitrogens with two attached hydrogens (primary N) is 1. The molecule has 0 saturated heterocycles. The van der Waals surface area contributed by atoms with Crippen LogP contribution >= 0.6 is 0 Å². The molecule has 1 saturated carbocycles. The molecule has 0 atom stereocenters. The zero-order valence-electron chi connectivity index (χ0n) is 9.94. The Morgan fingerprint density at radius 1 is 1.59 bits per heavy atom. The number of carbonyl (C=O) groups is 1. The van der Waals surface area contributed by atoms with Crippen molar-refractivity contribution in [1.29, 1.82) is 0 Å². The van der Waals surface area contributed by atoms with Crippen LogP contribution in [0.3, 0.4) is 0 Å². The van der Waals surface area contributed by atoms with Crippen LogP contribution in [0.25, 0.3) is 0 Å². The van der Waals surface area contributed by atoms with Crippen LogP contribution in [0.1, 0.15) is 30.3 Å². The molecule has 0 aliphatic heterocycles. The van der Waals surface area contributed by atoms with Gasteiger partial charge in [-0.15, -0.1) is 0 Å². The number of anilines is 1. The van der Waals surface area contributed by atoms with Crippen LogP contribution in [0, 0.1) is 0 Å². The molecule has 0 spiro atoms. The van der Waals surface area contributed by atoms with Gasteiger partial charge in [0.2, 0.25) is 0 Å². The maximum Gasteiger partial charge on any atom is 0.269 e. The summed E-state index contributed by atoms with van der Waals surface area (Å²) in [5.74, 6) is -0.138. The Bertz CT molecular complexity index is 401. The van der Waals surface area contributed by atoms with Crippen molar-refractivity contribution in [3.63, 3.8) is 0 Å². The Balaban J connectivity index is 1.98. The number of hydrogen-bond donors (Lipinski definition) is 3. The minimum absolute atomic E-state index is 0.138. The molecule has 1 fully saturated rings. The molecule has 17 heavy (non-hydrogen) atoms. The lowest BCUT2D eigenvalue weighted by molar-refractivity contribution is 0.0951. The first-order valence-electron chi connectivity index (χ1n) is 5.95. The van der Waals surface area contributed by atoms with Crippen LogP contribution in [0.15, 0.2) is 18.3 Å². The highest BCUT2D eigenvalue weighted by Gasteiger charge is 2.25. The number of nitrogens with zero attached hydrogens (tertiary/aromatic N) is 1. The van der Waals surface area contributed by atoms with Crippen molar-refractivity contribution in [1.82, 2.24) is 10.3 Å². The maximum absolute atomic E-state index is 11.6. The highest BCUT2D eigenvalue weighted by molar-refractivity contribution is 5.93. The maximum atomic E-state index is 11.6. The Morgan fingerprint density at radius 2 is 2.35 bits per heavy atom. The molecule has 5 heteroatoms. The highest BCUT2D eigenvalue weighted by atomic mass is 16.1. The fourth-order valence-electron chi connectivity index (χ4n) is 1.91. The van der Waals surface area contributed by atoms with E-state index < -0.39 is 0 Å². The van der Waals surface area contributed by atoms with E-state index >= 15 is 0 Å². The lowest BCUT2D eigenvalue weighted by atomic mass is 9.87. The van der Waals surface area contributed by atoms with Crippen LogP contribution < -0.4 is 16.4 Å². The quantitative estimate of drug-likeness (QED) is 0.717. The van der Waals surface area contributed by atoms with Gasteiger partial charge >= 0.3 is 0 Å². The minimum Gasteiger partial charge on any atom is -0.382 e. The number of pyridine rings is 1. The zero-order valence-corrected chi connectivity index (χ0v) is 9.94. The second-order valence-electron chi connectivity index (χ2n) is 4.36. The molecule has 1 aromatic rings. The van der Waals surface area contributed by atoms with E-state index in [1.807, 2.05) is 13.0 Å². The third-order valence-electron chi connectivity index (χ3n) is 2.88. The topological polar surface area (TPSA) is 80.0 Å². The van der Waals surface area contributed by atoms with Gasteiger partial charge in [-0.05, 0) is 31.9 Å². The van der Waals surface area contributed by atoms with Gasteiger partial charge in [0.1, 0.15) is 5.69 Å². The molecular weight excluding hydrogens is 216 g/mol. The number of rotatable bonds is 4. The van der Waals surface area contributed by atoms with Crippen molar-refractivity contribution >= 4 is 11.6 Å². The van der Waals surface area contributed by atoms with Crippen molar-refractivity contribution in [2.24, 2.45) is 5.73 Å². The first kappa shape index (κ1) is 11.9. The van der Waals surface area contributed by atoms with Gasteiger partial charge in [0.25, 0.3) is 5.91 Å². The normalized spacial score (nSPS) is 22.7. The predicted octanol–water partition coefficient (Wildman–Crippen LogP) is 0.733. The van der Waals surface area contributed by atoms with E-state index in [9.17, 15) is 4.79 Å². The predicted molar refractivity (Wildman–Crippen MR) is 66.9 cm³/mol. The largest absolute Gasteiger partial charge is 0.382 e. The third-order valence-corrected chi connectivity index (χ3v) is 2.88. The van der Waals surface area contributed by atoms with Gasteiger partial charge in [-0.1, -0.05) is 0 Å². The third kappa shape index (κ3) is 2.94. The molecule has 92 valence electrons. The Morgan fingerprint density at radius 3 is 3.00 bits per heavy atom. The molecule has 0 unspecified atom stereocenters. The fourth-order valence-corrected chi connectivity index (χ4v) is 1.91. The molecule has 2 rings (SSSR count). The first-order chi connectivity index (χ1) is 8.19. The average Bonchev–Trinajstić information content (AvgIpc) is 2.28. The van der Waals surface area contributed by atoms with E-state index in [1.54, 1.807) is 12.3 Å². The molecule has 1 heterocycles. The first-order valence-corrected chi connectivity index (χ1v) is 5.95. The van der Waals surface area contributed by atoms with Crippen LogP contribution in [0.2, 0.25) is 0 Å². The van der Waals surface area contributed by atoms with E-state index in [0.29, 0.717) is 24.3 Å². The lowest BCUT2D eigenvalue weighted by Gasteiger charge is -2.33. The number of aromatic nitrogens is 1. The lowest BCUT2D eigenvalue weighted by Crippen LogP contribution is -2.44. The van der Waals surface area contributed by atoms with Crippen LogP contribution in [-0.2, 0) is 0 Å². The molecule has 0 bridgehead atoms. The number of hydrogen-bond acceptors (Lipinski definition) is 4. The molecule has 1 amide bonds. The van der Waals surface area contributed by atoms with Crippen molar-refractivity contribution in [2.75, 3.05) is 11.9 Å². The summed E-state index contributed by atoms with van der Waals surface area (Å²) in [4.78, 5) is 15.6. The molecule has 1 aromatic heterocycles. The molecule has 0 aromatic carbocycles. The van der Waals surface area contributed by atoms with Gasteiger partial charge in [-0.2, -0.15) is 0 Å². The smallest absolute Gasteiger partial charge is 0.269 e. The Kier molecular flexibility index (Phi) is 3.58. The summed E-state index contributed by atoms with van der Waals surface area (Å²) < 4.78 is 0. The Hall–Kier alpha value is -1.62. The molecule has 5 nitrogen and oxygen atoms in total. The molecule has 0 radical (unpaired) electrons. The van der Waals surface area contributed by atoms with Crippen LogP contribution in [-0.4, -0.2) is 29.5 Å². The van der Waals surface area contributed by atoms with Crippen LogP contribution in [0.5, 0.6) is 0 Å². The minimum atomic E-state index is -0.138. The van der Waals surface area contributed by atoms with Gasteiger partial charge in [-0.25, -0.2) is 0 Å². The SMILES string of the molecule is CCNC(=O)c1cc(NC2CC(N)C2)ccn1. The average molecular weight is 234 g/mol. The van der Waals surface area contributed by atoms with Crippen molar-refractivity contribution in [3.05, 3.63) is 24.0 Å². The van der Waals surface area contributed by atoms with Crippen molar-refractivity contribution in [3.8, 4) is 0 Å². The van der Waals surface area contributed by atoms with Gasteiger partial charge in [0.05, 0.1) is 0 Å². The summed E-state index contributed by atoms with van der Waals surface area (Å²) in [6.07, 6.45) is 3.61. The molecule has 4 N–H and O–H groups in total. The zero-order chi connectivity index (χ0) is 12.3. The molecule has 1 aliphatic rings. The fraction of sp³-hybridized carbons (Fsp3) is 0.500. The van der Waals surface area contributed by atoms with Gasteiger partial charge in [0, 0.05) is 30.5 Å². The van der Waals surface area contributed by atoms with E-state index in [4.69, 9.17) is 5.73 Å². The molecular formula is C12H18N4O. The van der Waals surface area contributed by atoms with E-state index in [0.717, 1.165) is 18.5 Å². The van der Waals surface area contributed by atoms with E-state index in [1.165, 1.54) is 0 Å². The standard InChI is InChI=1S/C12H18N4O/c1-2-14-12(17)11-7-9(3-4-15-11)16-10-5-8(13)6-10/h3-4,7-8,10H,2,5-6,13H2,1H3,(H,14,17)(H,15,16). The number of nitrogens with one attached hydrogen (secondary N) is 2. The second kappa shape index (κ2) is 5.14. The Labute approximate surface area is 101 Å². The van der Waals surface area contributed by atoms with E-state index in [-0.39, 0.29) is 5.91 Å². The van der Waals surface area contributed by atoms with Gasteiger partial charge in [0.15, 0.2) is 0 Å². The second-order valence-corrected chi connectivity index (χ2v) is 4.36. The van der Waals surface area contributed by atoms with Crippen molar-refractivity contribution < 1.29 is 4.79 Å². The summed E-state index contributed by atoms with van der Waals surface area (Å²) in [6.45, 7) is 2.49. The summed E-state index contributed by atoms with van der Waals surface area (Å²) in [6, 6.07) is 4.38. The van der Waals surface area contributed by atoms with Crippen molar-refractivity contribution in [2.45, 2.75) is 31.8 Å². The van der Waals surface area contributed by atoms with Crippen LogP contribution in [0.4, 0.5) is 5.69 Å².